The predicted molar refractivity (Wildman–Crippen MR) is 108 cm³/mol. The molecule has 2 aromatic heterocycles. The Bertz CT molecular complexity index is 1220. The van der Waals surface area contributed by atoms with E-state index >= 15 is 0 Å². The Morgan fingerprint density at radius 3 is 2.61 bits per heavy atom. The number of nitrogens with zero attached hydrogens (tertiary/aromatic N) is 2. The van der Waals surface area contributed by atoms with Crippen molar-refractivity contribution in [3.05, 3.63) is 75.8 Å². The van der Waals surface area contributed by atoms with Gasteiger partial charge in [-0.1, -0.05) is 41.5 Å². The van der Waals surface area contributed by atoms with Gasteiger partial charge in [-0.15, -0.1) is 0 Å². The molecular formula is C22H21N3O3. The van der Waals surface area contributed by atoms with E-state index in [1.54, 1.807) is 10.7 Å². The highest BCUT2D eigenvalue weighted by atomic mass is 16.4. The van der Waals surface area contributed by atoms with Crippen LogP contribution >= 0.6 is 0 Å². The minimum Gasteiger partial charge on any atom is -0.422 e. The second-order valence-corrected chi connectivity index (χ2v) is 7.04. The van der Waals surface area contributed by atoms with E-state index in [1.165, 1.54) is 17.3 Å². The Balaban J connectivity index is 1.53. The molecule has 1 N–H and O–H groups in total. The monoisotopic (exact) mass is 375 g/mol. The third-order valence-electron chi connectivity index (χ3n) is 4.80. The van der Waals surface area contributed by atoms with Crippen LogP contribution in [0.15, 0.2) is 57.9 Å². The number of fused-ring (bicyclic) bond motifs is 3. The molecule has 142 valence electrons. The summed E-state index contributed by atoms with van der Waals surface area (Å²) < 4.78 is 6.93. The highest BCUT2D eigenvalue weighted by molar-refractivity contribution is 6.02. The number of rotatable bonds is 5. The molecule has 0 aliphatic heterocycles. The number of hydrogen-bond donors (Lipinski definition) is 1. The van der Waals surface area contributed by atoms with E-state index in [0.717, 1.165) is 17.4 Å². The van der Waals surface area contributed by atoms with Gasteiger partial charge in [-0.25, -0.2) is 4.79 Å². The largest absolute Gasteiger partial charge is 0.422 e. The van der Waals surface area contributed by atoms with Crippen LogP contribution in [-0.4, -0.2) is 22.2 Å². The maximum atomic E-state index is 12.4. The summed E-state index contributed by atoms with van der Waals surface area (Å²) in [5, 5.41) is 8.33. The van der Waals surface area contributed by atoms with Crippen molar-refractivity contribution in [2.75, 3.05) is 6.54 Å². The summed E-state index contributed by atoms with van der Waals surface area (Å²) in [4.78, 5) is 24.6. The summed E-state index contributed by atoms with van der Waals surface area (Å²) in [5.74, 6) is -0.147. The van der Waals surface area contributed by atoms with Crippen LogP contribution in [-0.2, 0) is 17.8 Å². The van der Waals surface area contributed by atoms with Crippen molar-refractivity contribution in [2.24, 2.45) is 0 Å². The normalized spacial score (nSPS) is 11.2. The molecule has 1 amide bonds. The molecule has 0 unspecified atom stereocenters. The lowest BCUT2D eigenvalue weighted by Crippen LogP contribution is -2.29. The fourth-order valence-corrected chi connectivity index (χ4v) is 3.30. The zero-order valence-corrected chi connectivity index (χ0v) is 15.9. The number of carbonyl (C=O) groups is 1. The number of hydrogen-bond acceptors (Lipinski definition) is 4. The Morgan fingerprint density at radius 1 is 1.07 bits per heavy atom. The van der Waals surface area contributed by atoms with Crippen molar-refractivity contribution in [1.29, 1.82) is 0 Å². The Kier molecular flexibility index (Phi) is 4.69. The fraction of sp³-hybridized carbons (Fsp3) is 0.227. The Labute approximate surface area is 161 Å². The van der Waals surface area contributed by atoms with E-state index < -0.39 is 5.63 Å². The van der Waals surface area contributed by atoms with Crippen LogP contribution < -0.4 is 10.9 Å². The van der Waals surface area contributed by atoms with Crippen molar-refractivity contribution >= 4 is 27.8 Å². The molecule has 0 saturated carbocycles. The first-order chi connectivity index (χ1) is 13.5. The summed E-state index contributed by atoms with van der Waals surface area (Å²) in [6, 6.07) is 13.8. The minimum absolute atomic E-state index is 0.0455. The molecular weight excluding hydrogens is 354 g/mol. The summed E-state index contributed by atoms with van der Waals surface area (Å²) in [6.45, 7) is 4.60. The third-order valence-corrected chi connectivity index (χ3v) is 4.80. The third kappa shape index (κ3) is 3.53. The predicted octanol–water partition coefficient (Wildman–Crippen LogP) is 3.12. The average molecular weight is 375 g/mol. The number of carbonyl (C=O) groups excluding carboxylic acids is 1. The lowest BCUT2D eigenvalue weighted by molar-refractivity contribution is -0.121. The van der Waals surface area contributed by atoms with Gasteiger partial charge in [0.1, 0.15) is 17.5 Å². The summed E-state index contributed by atoms with van der Waals surface area (Å²) >= 11 is 0. The van der Waals surface area contributed by atoms with Crippen LogP contribution in [0.1, 0.15) is 16.7 Å². The van der Waals surface area contributed by atoms with Crippen molar-refractivity contribution in [1.82, 2.24) is 15.1 Å². The number of aromatic nitrogens is 2. The van der Waals surface area contributed by atoms with E-state index in [2.05, 4.69) is 34.7 Å². The molecule has 2 aromatic carbocycles. The van der Waals surface area contributed by atoms with E-state index in [-0.39, 0.29) is 12.5 Å². The van der Waals surface area contributed by atoms with Crippen LogP contribution in [0.25, 0.3) is 21.9 Å². The quantitative estimate of drug-likeness (QED) is 0.544. The molecule has 2 heterocycles. The van der Waals surface area contributed by atoms with Crippen LogP contribution in [0.3, 0.4) is 0 Å². The van der Waals surface area contributed by atoms with E-state index in [4.69, 9.17) is 4.42 Å². The van der Waals surface area contributed by atoms with Crippen molar-refractivity contribution in [2.45, 2.75) is 26.8 Å². The smallest absolute Gasteiger partial charge is 0.347 e. The molecule has 0 bridgehead atoms. The summed E-state index contributed by atoms with van der Waals surface area (Å²) in [6.07, 6.45) is 2.22. The van der Waals surface area contributed by atoms with Gasteiger partial charge < -0.3 is 9.73 Å². The number of benzene rings is 2. The van der Waals surface area contributed by atoms with Gasteiger partial charge in [0.25, 0.3) is 0 Å². The van der Waals surface area contributed by atoms with Gasteiger partial charge in [-0.2, -0.15) is 5.10 Å². The van der Waals surface area contributed by atoms with Crippen molar-refractivity contribution in [3.63, 3.8) is 0 Å². The average Bonchev–Trinajstić information content (AvgIpc) is 3.09. The Morgan fingerprint density at radius 2 is 1.82 bits per heavy atom. The fourth-order valence-electron chi connectivity index (χ4n) is 3.30. The van der Waals surface area contributed by atoms with E-state index in [1.807, 2.05) is 26.0 Å². The first kappa shape index (κ1) is 18.0. The molecule has 0 aliphatic carbocycles. The van der Waals surface area contributed by atoms with Crippen LogP contribution in [0.2, 0.25) is 0 Å². The topological polar surface area (TPSA) is 77.1 Å². The van der Waals surface area contributed by atoms with Crippen LogP contribution in [0.4, 0.5) is 0 Å². The molecule has 0 atom stereocenters. The van der Waals surface area contributed by atoms with Gasteiger partial charge in [0.05, 0.1) is 11.7 Å². The number of amides is 1. The Hall–Kier alpha value is -3.41. The zero-order valence-electron chi connectivity index (χ0n) is 15.9. The SMILES string of the molecule is Cc1ccc(CCNC(=O)Cn2ncc3c(=O)oc4ccc(C)cc4c32)cc1. The second kappa shape index (κ2) is 7.31. The lowest BCUT2D eigenvalue weighted by Gasteiger charge is -2.08. The maximum absolute atomic E-state index is 12.4. The van der Waals surface area contributed by atoms with Gasteiger partial charge in [-0.3, -0.25) is 9.48 Å². The van der Waals surface area contributed by atoms with Crippen LogP contribution in [0, 0.1) is 13.8 Å². The molecule has 6 nitrogen and oxygen atoms in total. The number of nitrogens with one attached hydrogen (secondary N) is 1. The highest BCUT2D eigenvalue weighted by Crippen LogP contribution is 2.23. The standard InChI is InChI=1S/C22H21N3O3/c1-14-3-6-16(7-4-14)9-10-23-20(26)13-25-21-17-11-15(2)5-8-19(17)28-22(27)18(21)12-24-25/h3-8,11-12H,9-10,13H2,1-2H3,(H,23,26). The molecule has 28 heavy (non-hydrogen) atoms. The molecule has 4 rings (SSSR count). The van der Waals surface area contributed by atoms with E-state index in [9.17, 15) is 9.59 Å². The molecule has 6 heteroatoms. The first-order valence-corrected chi connectivity index (χ1v) is 9.22. The molecule has 0 spiro atoms. The minimum atomic E-state index is -0.447. The van der Waals surface area contributed by atoms with Gasteiger partial charge in [0.15, 0.2) is 0 Å². The molecule has 0 fully saturated rings. The first-order valence-electron chi connectivity index (χ1n) is 9.22. The zero-order chi connectivity index (χ0) is 19.7. The lowest BCUT2D eigenvalue weighted by atomic mass is 10.1. The summed E-state index contributed by atoms with van der Waals surface area (Å²) in [5.41, 5.74) is 4.10. The second-order valence-electron chi connectivity index (χ2n) is 7.04. The maximum Gasteiger partial charge on any atom is 0.347 e. The van der Waals surface area contributed by atoms with Crippen LogP contribution in [0.5, 0.6) is 0 Å². The molecule has 0 radical (unpaired) electrons. The van der Waals surface area contributed by atoms with Gasteiger partial charge in [0, 0.05) is 11.9 Å². The van der Waals surface area contributed by atoms with Gasteiger partial charge in [-0.05, 0) is 38.0 Å². The molecule has 0 aliphatic rings. The molecule has 4 aromatic rings. The van der Waals surface area contributed by atoms with Crippen molar-refractivity contribution < 1.29 is 9.21 Å². The van der Waals surface area contributed by atoms with E-state index in [0.29, 0.717) is 23.0 Å². The summed E-state index contributed by atoms with van der Waals surface area (Å²) in [7, 11) is 0. The highest BCUT2D eigenvalue weighted by Gasteiger charge is 2.15. The number of aryl methyl sites for hydroxylation is 2. The van der Waals surface area contributed by atoms with Gasteiger partial charge in [0.2, 0.25) is 5.91 Å². The van der Waals surface area contributed by atoms with Crippen molar-refractivity contribution in [3.8, 4) is 0 Å². The molecule has 0 saturated heterocycles. The van der Waals surface area contributed by atoms with Gasteiger partial charge >= 0.3 is 5.63 Å².